The quantitative estimate of drug-likeness (QED) is 0.348. The highest BCUT2D eigenvalue weighted by molar-refractivity contribution is 6.08. The number of nitriles is 1. The summed E-state index contributed by atoms with van der Waals surface area (Å²) in [6, 6.07) is 10.4. The first-order chi connectivity index (χ1) is 13.3. The number of hydrogen-bond acceptors (Lipinski definition) is 5. The van der Waals surface area contributed by atoms with Crippen LogP contribution in [0.3, 0.4) is 0 Å². The van der Waals surface area contributed by atoms with Crippen LogP contribution in [0.1, 0.15) is 29.3 Å². The predicted octanol–water partition coefficient (Wildman–Crippen LogP) is 4.27. The zero-order valence-electron chi connectivity index (χ0n) is 15.7. The van der Waals surface area contributed by atoms with E-state index in [1.165, 1.54) is 25.3 Å². The molecule has 0 aromatic heterocycles. The number of halogens is 1. The Morgan fingerprint density at radius 2 is 1.89 bits per heavy atom. The molecule has 0 radical (unpaired) electrons. The van der Waals surface area contributed by atoms with Crippen LogP contribution in [0.5, 0.6) is 0 Å². The minimum atomic E-state index is -0.789. The first-order valence-corrected chi connectivity index (χ1v) is 8.44. The van der Waals surface area contributed by atoms with Gasteiger partial charge in [-0.3, -0.25) is 4.79 Å². The second-order valence-electron chi connectivity index (χ2n) is 5.95. The Labute approximate surface area is 161 Å². The number of anilines is 1. The van der Waals surface area contributed by atoms with Gasteiger partial charge in [-0.15, -0.1) is 0 Å². The molecule has 0 unspecified atom stereocenters. The van der Waals surface area contributed by atoms with Crippen molar-refractivity contribution in [2.24, 2.45) is 0 Å². The number of nitrogens with one attached hydrogen (secondary N) is 1. The van der Waals surface area contributed by atoms with Crippen molar-refractivity contribution >= 4 is 17.6 Å². The first-order valence-electron chi connectivity index (χ1n) is 8.44. The summed E-state index contributed by atoms with van der Waals surface area (Å²) < 4.78 is 18.2. The van der Waals surface area contributed by atoms with Crippen LogP contribution in [0.4, 0.5) is 10.1 Å². The molecule has 0 fully saturated rings. The molecular formula is C21H19FN2O4. The molecule has 2 rings (SSSR count). The van der Waals surface area contributed by atoms with E-state index in [2.05, 4.69) is 5.32 Å². The molecule has 0 aliphatic rings. The fourth-order valence-corrected chi connectivity index (χ4v) is 2.68. The maximum absolute atomic E-state index is 13.4. The number of nitrogens with zero attached hydrogens (tertiary/aromatic N) is 1. The second-order valence-corrected chi connectivity index (χ2v) is 5.95. The molecule has 7 heteroatoms. The Hall–Kier alpha value is -3.66. The largest absolute Gasteiger partial charge is 0.511 e. The van der Waals surface area contributed by atoms with Crippen molar-refractivity contribution in [1.82, 2.24) is 0 Å². The molecule has 0 aliphatic heterocycles. The maximum atomic E-state index is 13.4. The number of carbonyl (C=O) groups is 2. The van der Waals surface area contributed by atoms with Crippen molar-refractivity contribution in [2.45, 2.75) is 20.3 Å². The molecule has 0 saturated heterocycles. The van der Waals surface area contributed by atoms with Crippen LogP contribution < -0.4 is 5.32 Å². The van der Waals surface area contributed by atoms with E-state index in [9.17, 15) is 19.1 Å². The van der Waals surface area contributed by atoms with Gasteiger partial charge in [-0.1, -0.05) is 19.1 Å². The van der Waals surface area contributed by atoms with Crippen LogP contribution in [0.25, 0.3) is 11.1 Å². The number of amides is 1. The number of hydrogen-bond donors (Lipinski definition) is 2. The zero-order valence-corrected chi connectivity index (χ0v) is 15.7. The van der Waals surface area contributed by atoms with Gasteiger partial charge < -0.3 is 15.2 Å². The van der Waals surface area contributed by atoms with Crippen molar-refractivity contribution in [3.05, 3.63) is 64.7 Å². The van der Waals surface area contributed by atoms with Gasteiger partial charge in [0.1, 0.15) is 17.6 Å². The lowest BCUT2D eigenvalue weighted by molar-refractivity contribution is -0.112. The van der Waals surface area contributed by atoms with E-state index in [-0.39, 0.29) is 23.4 Å². The van der Waals surface area contributed by atoms with Gasteiger partial charge in [0.25, 0.3) is 5.91 Å². The maximum Gasteiger partial charge on any atom is 0.338 e. The van der Waals surface area contributed by atoms with Crippen LogP contribution in [-0.2, 0) is 9.53 Å². The number of esters is 1. The van der Waals surface area contributed by atoms with Crippen molar-refractivity contribution in [1.29, 1.82) is 5.26 Å². The summed E-state index contributed by atoms with van der Waals surface area (Å²) in [5, 5.41) is 21.2. The van der Waals surface area contributed by atoms with Gasteiger partial charge >= 0.3 is 5.97 Å². The van der Waals surface area contributed by atoms with Crippen LogP contribution in [0.2, 0.25) is 0 Å². The molecule has 2 aromatic rings. The predicted molar refractivity (Wildman–Crippen MR) is 102 cm³/mol. The number of ether oxygens (including phenoxy) is 1. The fourth-order valence-electron chi connectivity index (χ4n) is 2.68. The molecular weight excluding hydrogens is 363 g/mol. The molecule has 2 aromatic carbocycles. The molecule has 6 nitrogen and oxygen atoms in total. The number of aliphatic hydroxyl groups excluding tert-OH is 1. The standard InChI is InChI=1S/C21H19FN2O4/c1-4-19(25)18(11-23)20(26)24-14-6-8-16(17(10-14)21(27)28-3)15-7-5-13(22)9-12(15)2/h5-10,25H,4H2,1-3H3,(H,24,26)/b19-18-. The Bertz CT molecular complexity index is 1010. The van der Waals surface area contributed by atoms with Gasteiger partial charge in [-0.2, -0.15) is 5.26 Å². The summed E-state index contributed by atoms with van der Waals surface area (Å²) in [5.74, 6) is -2.14. The monoisotopic (exact) mass is 382 g/mol. The lowest BCUT2D eigenvalue weighted by atomic mass is 9.95. The number of methoxy groups -OCH3 is 1. The van der Waals surface area contributed by atoms with E-state index in [4.69, 9.17) is 10.00 Å². The van der Waals surface area contributed by atoms with Crippen LogP contribution in [-0.4, -0.2) is 24.1 Å². The highest BCUT2D eigenvalue weighted by atomic mass is 19.1. The van der Waals surface area contributed by atoms with Crippen molar-refractivity contribution in [3.8, 4) is 17.2 Å². The summed E-state index contributed by atoms with van der Waals surface area (Å²) in [5.41, 5.74) is 1.78. The van der Waals surface area contributed by atoms with Gasteiger partial charge in [0, 0.05) is 12.1 Å². The molecule has 0 saturated carbocycles. The number of benzene rings is 2. The number of aliphatic hydroxyl groups is 1. The molecule has 1 amide bonds. The molecule has 0 spiro atoms. The first kappa shape index (κ1) is 20.6. The lowest BCUT2D eigenvalue weighted by Gasteiger charge is -2.13. The smallest absolute Gasteiger partial charge is 0.338 e. The van der Waals surface area contributed by atoms with Gasteiger partial charge in [0.15, 0.2) is 5.57 Å². The number of allylic oxidation sites excluding steroid dienone is 1. The molecule has 0 atom stereocenters. The van der Waals surface area contributed by atoms with E-state index in [0.29, 0.717) is 16.7 Å². The third kappa shape index (κ3) is 4.35. The second kappa shape index (κ2) is 8.82. The van der Waals surface area contributed by atoms with Crippen molar-refractivity contribution in [3.63, 3.8) is 0 Å². The summed E-state index contributed by atoms with van der Waals surface area (Å²) >= 11 is 0. The van der Waals surface area contributed by atoms with E-state index in [0.717, 1.165) is 0 Å². The van der Waals surface area contributed by atoms with E-state index in [1.54, 1.807) is 38.1 Å². The highest BCUT2D eigenvalue weighted by Gasteiger charge is 2.19. The average Bonchev–Trinajstić information content (AvgIpc) is 2.68. The Morgan fingerprint density at radius 3 is 2.46 bits per heavy atom. The molecule has 0 aliphatic carbocycles. The lowest BCUT2D eigenvalue weighted by Crippen LogP contribution is -2.16. The van der Waals surface area contributed by atoms with Crippen LogP contribution >= 0.6 is 0 Å². The Balaban J connectivity index is 2.50. The van der Waals surface area contributed by atoms with Gasteiger partial charge in [0.05, 0.1) is 12.7 Å². The number of rotatable bonds is 5. The fraction of sp³-hybridized carbons (Fsp3) is 0.190. The molecule has 144 valence electrons. The van der Waals surface area contributed by atoms with Crippen LogP contribution in [0, 0.1) is 24.1 Å². The summed E-state index contributed by atoms with van der Waals surface area (Å²) in [4.78, 5) is 24.5. The topological polar surface area (TPSA) is 99.4 Å². The van der Waals surface area contributed by atoms with E-state index < -0.39 is 23.3 Å². The van der Waals surface area contributed by atoms with Gasteiger partial charge in [0.2, 0.25) is 0 Å². The molecule has 0 heterocycles. The summed E-state index contributed by atoms with van der Waals surface area (Å²) in [7, 11) is 1.23. The van der Waals surface area contributed by atoms with Crippen molar-refractivity contribution in [2.75, 3.05) is 12.4 Å². The van der Waals surface area contributed by atoms with Gasteiger partial charge in [-0.25, -0.2) is 9.18 Å². The van der Waals surface area contributed by atoms with Gasteiger partial charge in [-0.05, 0) is 47.9 Å². The molecule has 2 N–H and O–H groups in total. The minimum Gasteiger partial charge on any atom is -0.511 e. The average molecular weight is 382 g/mol. The van der Waals surface area contributed by atoms with Crippen molar-refractivity contribution < 1.29 is 23.8 Å². The Morgan fingerprint density at radius 1 is 1.21 bits per heavy atom. The minimum absolute atomic E-state index is 0.131. The normalized spacial score (nSPS) is 11.2. The summed E-state index contributed by atoms with van der Waals surface area (Å²) in [6.07, 6.45) is 0.131. The zero-order chi connectivity index (χ0) is 20.8. The number of aryl methyl sites for hydroxylation is 1. The third-order valence-electron chi connectivity index (χ3n) is 4.12. The third-order valence-corrected chi connectivity index (χ3v) is 4.12. The molecule has 0 bridgehead atoms. The van der Waals surface area contributed by atoms with Crippen LogP contribution in [0.15, 0.2) is 47.7 Å². The highest BCUT2D eigenvalue weighted by Crippen LogP contribution is 2.30. The summed E-state index contributed by atoms with van der Waals surface area (Å²) in [6.45, 7) is 3.32. The number of carbonyl (C=O) groups excluding carboxylic acids is 2. The SMILES string of the molecule is CC/C(O)=C(\C#N)C(=O)Nc1ccc(-c2ccc(F)cc2C)c(C(=O)OC)c1. The molecule has 28 heavy (non-hydrogen) atoms. The Kier molecular flexibility index (Phi) is 6.51. The van der Waals surface area contributed by atoms with E-state index >= 15 is 0 Å². The van der Waals surface area contributed by atoms with E-state index in [1.807, 2.05) is 0 Å².